The number of ether oxygens (including phenoxy) is 2. The van der Waals surface area contributed by atoms with E-state index in [2.05, 4.69) is 6.92 Å². The van der Waals surface area contributed by atoms with E-state index in [1.54, 1.807) is 14.2 Å². The summed E-state index contributed by atoms with van der Waals surface area (Å²) < 4.78 is 10.1. The lowest BCUT2D eigenvalue weighted by Crippen LogP contribution is -2.18. The first kappa shape index (κ1) is 13.6. The van der Waals surface area contributed by atoms with Crippen molar-refractivity contribution in [1.82, 2.24) is 0 Å². The SMILES string of the molecule is CCCCC(=O)CC(COC)COC. The molecule has 0 fully saturated rings. The van der Waals surface area contributed by atoms with Crippen molar-refractivity contribution in [3.63, 3.8) is 0 Å². The monoisotopic (exact) mass is 202 g/mol. The summed E-state index contributed by atoms with van der Waals surface area (Å²) in [7, 11) is 3.30. The van der Waals surface area contributed by atoms with Gasteiger partial charge in [-0.3, -0.25) is 4.79 Å². The van der Waals surface area contributed by atoms with E-state index in [1.165, 1.54) is 0 Å². The number of Topliss-reactive ketones (excluding diaryl/α,β-unsaturated/α-hetero) is 1. The van der Waals surface area contributed by atoms with Gasteiger partial charge in [-0.1, -0.05) is 13.3 Å². The van der Waals surface area contributed by atoms with Crippen molar-refractivity contribution in [3.05, 3.63) is 0 Å². The number of hydrogen-bond donors (Lipinski definition) is 0. The number of hydrogen-bond acceptors (Lipinski definition) is 3. The Kier molecular flexibility index (Phi) is 8.89. The molecule has 0 aliphatic heterocycles. The Hall–Kier alpha value is -0.410. The van der Waals surface area contributed by atoms with Crippen LogP contribution in [0.25, 0.3) is 0 Å². The third-order valence-electron chi connectivity index (χ3n) is 2.13. The first-order valence-corrected chi connectivity index (χ1v) is 5.24. The van der Waals surface area contributed by atoms with Crippen LogP contribution in [-0.4, -0.2) is 33.2 Å². The second-order valence-corrected chi connectivity index (χ2v) is 3.62. The van der Waals surface area contributed by atoms with Gasteiger partial charge in [0.2, 0.25) is 0 Å². The average molecular weight is 202 g/mol. The first-order chi connectivity index (χ1) is 6.74. The molecule has 14 heavy (non-hydrogen) atoms. The molecule has 3 nitrogen and oxygen atoms in total. The normalized spacial score (nSPS) is 10.9. The van der Waals surface area contributed by atoms with E-state index in [4.69, 9.17) is 9.47 Å². The summed E-state index contributed by atoms with van der Waals surface area (Å²) in [6.45, 7) is 3.30. The number of carbonyl (C=O) groups excluding carboxylic acids is 1. The Morgan fingerprint density at radius 3 is 2.21 bits per heavy atom. The van der Waals surface area contributed by atoms with Crippen LogP contribution in [0.5, 0.6) is 0 Å². The van der Waals surface area contributed by atoms with E-state index in [1.807, 2.05) is 0 Å². The van der Waals surface area contributed by atoms with Crippen LogP contribution in [0, 0.1) is 5.92 Å². The van der Waals surface area contributed by atoms with Crippen LogP contribution in [0.1, 0.15) is 32.6 Å². The number of methoxy groups -OCH3 is 2. The van der Waals surface area contributed by atoms with Gasteiger partial charge in [-0.25, -0.2) is 0 Å². The molecule has 0 unspecified atom stereocenters. The maximum atomic E-state index is 11.5. The van der Waals surface area contributed by atoms with Gasteiger partial charge in [0.1, 0.15) is 5.78 Å². The summed E-state index contributed by atoms with van der Waals surface area (Å²) in [5, 5.41) is 0. The van der Waals surface area contributed by atoms with Gasteiger partial charge in [0.25, 0.3) is 0 Å². The zero-order chi connectivity index (χ0) is 10.8. The Morgan fingerprint density at radius 1 is 1.21 bits per heavy atom. The third kappa shape index (κ3) is 7.04. The molecule has 0 aliphatic carbocycles. The van der Waals surface area contributed by atoms with Crippen molar-refractivity contribution >= 4 is 5.78 Å². The lowest BCUT2D eigenvalue weighted by atomic mass is 10.0. The Balaban J connectivity index is 3.71. The van der Waals surface area contributed by atoms with Gasteiger partial charge in [0.05, 0.1) is 13.2 Å². The Morgan fingerprint density at radius 2 is 1.79 bits per heavy atom. The van der Waals surface area contributed by atoms with Crippen molar-refractivity contribution in [3.8, 4) is 0 Å². The zero-order valence-corrected chi connectivity index (χ0v) is 9.54. The molecule has 0 aromatic carbocycles. The Bertz CT molecular complexity index is 139. The van der Waals surface area contributed by atoms with Crippen molar-refractivity contribution < 1.29 is 14.3 Å². The molecule has 0 heterocycles. The van der Waals surface area contributed by atoms with E-state index in [-0.39, 0.29) is 5.92 Å². The van der Waals surface area contributed by atoms with Gasteiger partial charge >= 0.3 is 0 Å². The predicted molar refractivity (Wildman–Crippen MR) is 56.4 cm³/mol. The fraction of sp³-hybridized carbons (Fsp3) is 0.909. The highest BCUT2D eigenvalue weighted by molar-refractivity contribution is 5.78. The van der Waals surface area contributed by atoms with Gasteiger partial charge in [-0.2, -0.15) is 0 Å². The van der Waals surface area contributed by atoms with Crippen LogP contribution in [0.15, 0.2) is 0 Å². The molecule has 0 saturated heterocycles. The largest absolute Gasteiger partial charge is 0.384 e. The minimum atomic E-state index is 0.217. The van der Waals surface area contributed by atoms with Crippen LogP contribution < -0.4 is 0 Å². The number of ketones is 1. The van der Waals surface area contributed by atoms with Gasteiger partial charge in [0, 0.05) is 33.0 Å². The molecule has 0 saturated carbocycles. The van der Waals surface area contributed by atoms with Gasteiger partial charge in [-0.05, 0) is 6.42 Å². The molecule has 0 amide bonds. The smallest absolute Gasteiger partial charge is 0.133 e. The van der Waals surface area contributed by atoms with E-state index >= 15 is 0 Å². The summed E-state index contributed by atoms with van der Waals surface area (Å²) in [5.41, 5.74) is 0. The highest BCUT2D eigenvalue weighted by Gasteiger charge is 2.13. The topological polar surface area (TPSA) is 35.5 Å². The third-order valence-corrected chi connectivity index (χ3v) is 2.13. The van der Waals surface area contributed by atoms with E-state index in [0.717, 1.165) is 12.8 Å². The number of rotatable bonds is 9. The second-order valence-electron chi connectivity index (χ2n) is 3.62. The lowest BCUT2D eigenvalue weighted by Gasteiger charge is -2.13. The molecule has 0 radical (unpaired) electrons. The summed E-state index contributed by atoms with van der Waals surface area (Å²) in [6, 6.07) is 0. The van der Waals surface area contributed by atoms with Crippen molar-refractivity contribution in [2.45, 2.75) is 32.6 Å². The van der Waals surface area contributed by atoms with Gasteiger partial charge < -0.3 is 9.47 Å². The maximum Gasteiger partial charge on any atom is 0.133 e. The van der Waals surface area contributed by atoms with Crippen LogP contribution in [0.4, 0.5) is 0 Å². The molecular weight excluding hydrogens is 180 g/mol. The fourth-order valence-electron chi connectivity index (χ4n) is 1.44. The van der Waals surface area contributed by atoms with Gasteiger partial charge in [-0.15, -0.1) is 0 Å². The fourth-order valence-corrected chi connectivity index (χ4v) is 1.44. The standard InChI is InChI=1S/C11H22O3/c1-4-5-6-11(12)7-10(8-13-2)9-14-3/h10H,4-9H2,1-3H3. The minimum absolute atomic E-state index is 0.217. The lowest BCUT2D eigenvalue weighted by molar-refractivity contribution is -0.121. The molecule has 0 aliphatic rings. The molecule has 84 valence electrons. The summed E-state index contributed by atoms with van der Waals surface area (Å²) >= 11 is 0. The van der Waals surface area contributed by atoms with Crippen LogP contribution in [0.2, 0.25) is 0 Å². The van der Waals surface area contributed by atoms with Crippen molar-refractivity contribution in [2.75, 3.05) is 27.4 Å². The molecule has 0 aromatic rings. The molecule has 0 bridgehead atoms. The molecule has 0 atom stereocenters. The van der Waals surface area contributed by atoms with Crippen LogP contribution in [-0.2, 0) is 14.3 Å². The molecule has 0 spiro atoms. The quantitative estimate of drug-likeness (QED) is 0.574. The number of carbonyl (C=O) groups is 1. The Labute approximate surface area is 86.8 Å². The molecule has 3 heteroatoms. The van der Waals surface area contributed by atoms with E-state index in [9.17, 15) is 4.79 Å². The maximum absolute atomic E-state index is 11.5. The average Bonchev–Trinajstić information content (AvgIpc) is 2.15. The minimum Gasteiger partial charge on any atom is -0.384 e. The van der Waals surface area contributed by atoms with E-state index < -0.39 is 0 Å². The van der Waals surface area contributed by atoms with E-state index in [0.29, 0.717) is 31.8 Å². The highest BCUT2D eigenvalue weighted by atomic mass is 16.5. The second kappa shape index (κ2) is 9.16. The zero-order valence-electron chi connectivity index (χ0n) is 9.54. The molecule has 0 rings (SSSR count). The van der Waals surface area contributed by atoms with Gasteiger partial charge in [0.15, 0.2) is 0 Å². The van der Waals surface area contributed by atoms with Crippen LogP contribution >= 0.6 is 0 Å². The molecule has 0 N–H and O–H groups in total. The summed E-state index contributed by atoms with van der Waals surface area (Å²) in [6.07, 6.45) is 3.35. The van der Waals surface area contributed by atoms with Crippen molar-refractivity contribution in [1.29, 1.82) is 0 Å². The number of unbranched alkanes of at least 4 members (excludes halogenated alkanes) is 1. The van der Waals surface area contributed by atoms with Crippen molar-refractivity contribution in [2.24, 2.45) is 5.92 Å². The summed E-state index contributed by atoms with van der Waals surface area (Å²) in [5.74, 6) is 0.542. The highest BCUT2D eigenvalue weighted by Crippen LogP contribution is 2.08. The van der Waals surface area contributed by atoms with Crippen LogP contribution in [0.3, 0.4) is 0 Å². The molecular formula is C11H22O3. The first-order valence-electron chi connectivity index (χ1n) is 5.24. The molecule has 0 aromatic heterocycles. The summed E-state index contributed by atoms with van der Waals surface area (Å²) in [4.78, 5) is 11.5. The predicted octanol–water partition coefficient (Wildman–Crippen LogP) is 2.04.